The molecular formula is C12H12Br2F3NO. The Morgan fingerprint density at radius 3 is 2.58 bits per heavy atom. The van der Waals surface area contributed by atoms with Crippen LogP contribution in [0.5, 0.6) is 0 Å². The van der Waals surface area contributed by atoms with Gasteiger partial charge in [0.1, 0.15) is 0 Å². The number of alkyl halides is 4. The highest BCUT2D eigenvalue weighted by Gasteiger charge is 2.31. The summed E-state index contributed by atoms with van der Waals surface area (Å²) in [6.45, 7) is 2.32. The van der Waals surface area contributed by atoms with Gasteiger partial charge in [-0.05, 0) is 40.5 Å². The number of hydrogen-bond donors (Lipinski definition) is 1. The molecule has 2 nitrogen and oxygen atoms in total. The molecule has 1 atom stereocenters. The zero-order valence-electron chi connectivity index (χ0n) is 10.0. The predicted molar refractivity (Wildman–Crippen MR) is 74.5 cm³/mol. The topological polar surface area (TPSA) is 29.1 Å². The second kappa shape index (κ2) is 6.74. The molecule has 0 spiro atoms. The highest BCUT2D eigenvalue weighted by Crippen LogP contribution is 2.31. The molecule has 0 aliphatic rings. The van der Waals surface area contributed by atoms with Crippen molar-refractivity contribution in [1.29, 1.82) is 0 Å². The normalized spacial score (nSPS) is 13.2. The Balaban J connectivity index is 2.84. The first-order chi connectivity index (χ1) is 8.71. The minimum absolute atomic E-state index is 0.0166. The number of hydrogen-bond acceptors (Lipinski definition) is 1. The lowest BCUT2D eigenvalue weighted by atomic mass is 10.1. The molecule has 0 bridgehead atoms. The van der Waals surface area contributed by atoms with E-state index in [4.69, 9.17) is 0 Å². The number of halogens is 5. The Kier molecular flexibility index (Phi) is 5.85. The van der Waals surface area contributed by atoms with Crippen LogP contribution in [-0.2, 0) is 6.18 Å². The van der Waals surface area contributed by atoms with Gasteiger partial charge in [-0.25, -0.2) is 0 Å². The zero-order chi connectivity index (χ0) is 14.6. The summed E-state index contributed by atoms with van der Waals surface area (Å²) in [7, 11) is 0. The molecule has 1 aromatic rings. The first kappa shape index (κ1) is 16.5. The van der Waals surface area contributed by atoms with Crippen molar-refractivity contribution >= 4 is 37.8 Å². The predicted octanol–water partition coefficient (Wildman–Crippen LogP) is 4.37. The van der Waals surface area contributed by atoms with E-state index in [1.165, 1.54) is 6.07 Å². The van der Waals surface area contributed by atoms with Crippen molar-refractivity contribution in [1.82, 2.24) is 5.32 Å². The summed E-state index contributed by atoms with van der Waals surface area (Å²) in [6, 6.07) is 3.00. The number of rotatable bonds is 4. The van der Waals surface area contributed by atoms with E-state index < -0.39 is 17.6 Å². The van der Waals surface area contributed by atoms with Crippen LogP contribution in [0.1, 0.15) is 29.3 Å². The van der Waals surface area contributed by atoms with E-state index in [9.17, 15) is 18.0 Å². The van der Waals surface area contributed by atoms with Crippen molar-refractivity contribution in [3.63, 3.8) is 0 Å². The second-order valence-corrected chi connectivity index (χ2v) is 6.44. The van der Waals surface area contributed by atoms with E-state index in [0.29, 0.717) is 17.4 Å². The summed E-state index contributed by atoms with van der Waals surface area (Å²) < 4.78 is 38.0. The van der Waals surface area contributed by atoms with E-state index in [2.05, 4.69) is 37.2 Å². The van der Waals surface area contributed by atoms with Crippen molar-refractivity contribution in [2.45, 2.75) is 24.3 Å². The first-order valence-corrected chi connectivity index (χ1v) is 7.21. The van der Waals surface area contributed by atoms with Crippen LogP contribution >= 0.6 is 31.9 Å². The fourth-order valence-corrected chi connectivity index (χ4v) is 2.01. The average Bonchev–Trinajstić information content (AvgIpc) is 2.27. The maximum absolute atomic E-state index is 12.6. The fraction of sp³-hybridized carbons (Fsp3) is 0.417. The summed E-state index contributed by atoms with van der Waals surface area (Å²) in [5.41, 5.74) is -0.855. The summed E-state index contributed by atoms with van der Waals surface area (Å²) in [4.78, 5) is 12.0. The fourth-order valence-electron chi connectivity index (χ4n) is 1.36. The third-order valence-electron chi connectivity index (χ3n) is 2.37. The number of nitrogens with one attached hydrogen (secondary N) is 1. The third-order valence-corrected chi connectivity index (χ3v) is 3.52. The molecule has 0 aliphatic carbocycles. The van der Waals surface area contributed by atoms with Crippen LogP contribution in [0.4, 0.5) is 13.2 Å². The third kappa shape index (κ3) is 5.14. The van der Waals surface area contributed by atoms with Crippen LogP contribution in [0, 0.1) is 0 Å². The standard InChI is InChI=1S/C12H12Br2F3NO/c1-7(13)4-5-18-11(19)9-6-8(12(15,16)17)2-3-10(9)14/h2-3,6-7H,4-5H2,1H3,(H,18,19). The number of benzene rings is 1. The molecule has 0 radical (unpaired) electrons. The minimum atomic E-state index is -4.46. The molecule has 1 N–H and O–H groups in total. The van der Waals surface area contributed by atoms with Gasteiger partial charge in [-0.3, -0.25) is 4.79 Å². The molecule has 7 heteroatoms. The van der Waals surface area contributed by atoms with Crippen molar-refractivity contribution < 1.29 is 18.0 Å². The molecule has 1 amide bonds. The van der Waals surface area contributed by atoms with Crippen molar-refractivity contribution in [3.8, 4) is 0 Å². The molecule has 0 saturated heterocycles. The van der Waals surface area contributed by atoms with Gasteiger partial charge in [0, 0.05) is 15.8 Å². The van der Waals surface area contributed by atoms with Crippen molar-refractivity contribution in [2.75, 3.05) is 6.54 Å². The van der Waals surface area contributed by atoms with E-state index in [-0.39, 0.29) is 10.4 Å². The number of amides is 1. The molecule has 1 aromatic carbocycles. The average molecular weight is 403 g/mol. The van der Waals surface area contributed by atoms with Crippen LogP contribution < -0.4 is 5.32 Å². The quantitative estimate of drug-likeness (QED) is 0.744. The highest BCUT2D eigenvalue weighted by molar-refractivity contribution is 9.10. The summed E-state index contributed by atoms with van der Waals surface area (Å²) in [6.07, 6.45) is -3.76. The van der Waals surface area contributed by atoms with Gasteiger partial charge < -0.3 is 5.32 Å². The van der Waals surface area contributed by atoms with Crippen molar-refractivity contribution in [3.05, 3.63) is 33.8 Å². The van der Waals surface area contributed by atoms with Gasteiger partial charge in [0.2, 0.25) is 0 Å². The Hall–Kier alpha value is -0.560. The van der Waals surface area contributed by atoms with Gasteiger partial charge in [-0.2, -0.15) is 13.2 Å². The number of carbonyl (C=O) groups excluding carboxylic acids is 1. The Morgan fingerprint density at radius 2 is 2.05 bits per heavy atom. The first-order valence-electron chi connectivity index (χ1n) is 5.51. The Morgan fingerprint density at radius 1 is 1.42 bits per heavy atom. The van der Waals surface area contributed by atoms with Gasteiger partial charge in [-0.1, -0.05) is 22.9 Å². The lowest BCUT2D eigenvalue weighted by Crippen LogP contribution is -2.26. The molecule has 0 saturated carbocycles. The van der Waals surface area contributed by atoms with Crippen LogP contribution in [0.15, 0.2) is 22.7 Å². The van der Waals surface area contributed by atoms with Crippen molar-refractivity contribution in [2.24, 2.45) is 0 Å². The minimum Gasteiger partial charge on any atom is -0.352 e. The SMILES string of the molecule is CC(Br)CCNC(=O)c1cc(C(F)(F)F)ccc1Br. The van der Waals surface area contributed by atoms with E-state index in [0.717, 1.165) is 12.1 Å². The molecule has 0 aliphatic heterocycles. The summed E-state index contributed by atoms with van der Waals surface area (Å²) >= 11 is 6.40. The smallest absolute Gasteiger partial charge is 0.352 e. The van der Waals surface area contributed by atoms with E-state index in [1.54, 1.807) is 0 Å². The maximum atomic E-state index is 12.6. The van der Waals surface area contributed by atoms with Gasteiger partial charge in [-0.15, -0.1) is 0 Å². The zero-order valence-corrected chi connectivity index (χ0v) is 13.2. The summed E-state index contributed by atoms with van der Waals surface area (Å²) in [5.74, 6) is -0.522. The molecule has 106 valence electrons. The van der Waals surface area contributed by atoms with Crippen LogP contribution in [0.2, 0.25) is 0 Å². The highest BCUT2D eigenvalue weighted by atomic mass is 79.9. The monoisotopic (exact) mass is 401 g/mol. The van der Waals surface area contributed by atoms with Crippen LogP contribution in [0.25, 0.3) is 0 Å². The van der Waals surface area contributed by atoms with Gasteiger partial charge in [0.25, 0.3) is 5.91 Å². The lowest BCUT2D eigenvalue weighted by molar-refractivity contribution is -0.137. The largest absolute Gasteiger partial charge is 0.416 e. The molecule has 1 unspecified atom stereocenters. The van der Waals surface area contributed by atoms with E-state index >= 15 is 0 Å². The lowest BCUT2D eigenvalue weighted by Gasteiger charge is -2.11. The molecular weight excluding hydrogens is 391 g/mol. The molecule has 0 fully saturated rings. The van der Waals surface area contributed by atoms with Crippen LogP contribution in [-0.4, -0.2) is 17.3 Å². The van der Waals surface area contributed by atoms with E-state index in [1.807, 2.05) is 6.92 Å². The van der Waals surface area contributed by atoms with Crippen LogP contribution in [0.3, 0.4) is 0 Å². The molecule has 1 rings (SSSR count). The molecule has 0 heterocycles. The van der Waals surface area contributed by atoms with Gasteiger partial charge >= 0.3 is 6.18 Å². The number of carbonyl (C=O) groups is 1. The summed E-state index contributed by atoms with van der Waals surface area (Å²) in [5, 5.41) is 2.58. The molecule has 19 heavy (non-hydrogen) atoms. The molecule has 0 aromatic heterocycles. The maximum Gasteiger partial charge on any atom is 0.416 e. The van der Waals surface area contributed by atoms with Gasteiger partial charge in [0.15, 0.2) is 0 Å². The Labute approximate surface area is 126 Å². The Bertz CT molecular complexity index is 461. The second-order valence-electron chi connectivity index (χ2n) is 4.02. The van der Waals surface area contributed by atoms with Gasteiger partial charge in [0.05, 0.1) is 11.1 Å².